The van der Waals surface area contributed by atoms with Crippen LogP contribution in [0.5, 0.6) is 5.75 Å². The Hall–Kier alpha value is -3.80. The number of nitrogens with one attached hydrogen (secondary N) is 3. The SMILES string of the molecule is COc1cccc(CNC(=O)Nc2ccc(-c3cc4cc(F)ccc4[nH]3)cc2)c1. The van der Waals surface area contributed by atoms with Crippen molar-refractivity contribution in [1.29, 1.82) is 0 Å². The Bertz CT molecular complexity index is 1150. The van der Waals surface area contributed by atoms with Crippen LogP contribution in [0.25, 0.3) is 22.2 Å². The Kier molecular flexibility index (Phi) is 5.16. The summed E-state index contributed by atoms with van der Waals surface area (Å²) in [6, 6.07) is 21.2. The summed E-state index contributed by atoms with van der Waals surface area (Å²) >= 11 is 0. The first-order valence-corrected chi connectivity index (χ1v) is 9.17. The maximum atomic E-state index is 13.4. The molecule has 3 N–H and O–H groups in total. The molecule has 0 spiro atoms. The van der Waals surface area contributed by atoms with Crippen LogP contribution in [0.3, 0.4) is 0 Å². The fraction of sp³-hybridized carbons (Fsp3) is 0.0870. The number of carbonyl (C=O) groups excluding carboxylic acids is 1. The van der Waals surface area contributed by atoms with Gasteiger partial charge in [-0.05, 0) is 59.7 Å². The van der Waals surface area contributed by atoms with Gasteiger partial charge in [0.25, 0.3) is 0 Å². The van der Waals surface area contributed by atoms with Crippen LogP contribution in [0.4, 0.5) is 14.9 Å². The van der Waals surface area contributed by atoms with E-state index in [0.717, 1.165) is 33.5 Å². The van der Waals surface area contributed by atoms with Gasteiger partial charge in [-0.3, -0.25) is 0 Å². The summed E-state index contributed by atoms with van der Waals surface area (Å²) in [4.78, 5) is 15.4. The van der Waals surface area contributed by atoms with Crippen molar-refractivity contribution in [1.82, 2.24) is 10.3 Å². The Morgan fingerprint density at radius 1 is 1.03 bits per heavy atom. The largest absolute Gasteiger partial charge is 0.497 e. The zero-order chi connectivity index (χ0) is 20.2. The third-order valence-corrected chi connectivity index (χ3v) is 4.62. The van der Waals surface area contributed by atoms with Crippen molar-refractivity contribution in [2.75, 3.05) is 12.4 Å². The molecule has 0 aliphatic carbocycles. The number of urea groups is 1. The molecular formula is C23H20FN3O2. The lowest BCUT2D eigenvalue weighted by molar-refractivity contribution is 0.251. The highest BCUT2D eigenvalue weighted by Gasteiger charge is 2.06. The Balaban J connectivity index is 1.38. The molecule has 4 aromatic rings. The molecule has 0 bridgehead atoms. The lowest BCUT2D eigenvalue weighted by atomic mass is 10.1. The van der Waals surface area contributed by atoms with Gasteiger partial charge in [0.15, 0.2) is 0 Å². The summed E-state index contributed by atoms with van der Waals surface area (Å²) in [5.41, 5.74) is 4.34. The lowest BCUT2D eigenvalue weighted by Gasteiger charge is -2.09. The maximum absolute atomic E-state index is 13.4. The van der Waals surface area contributed by atoms with E-state index in [9.17, 15) is 9.18 Å². The molecule has 3 aromatic carbocycles. The molecule has 5 nitrogen and oxygen atoms in total. The molecule has 0 fully saturated rings. The second-order valence-corrected chi connectivity index (χ2v) is 6.65. The van der Waals surface area contributed by atoms with Crippen LogP contribution in [0.15, 0.2) is 72.8 Å². The minimum Gasteiger partial charge on any atom is -0.497 e. The molecule has 0 unspecified atom stereocenters. The number of ether oxygens (including phenoxy) is 1. The van der Waals surface area contributed by atoms with E-state index in [0.29, 0.717) is 12.2 Å². The minimum atomic E-state index is -0.290. The minimum absolute atomic E-state index is 0.262. The van der Waals surface area contributed by atoms with E-state index in [1.807, 2.05) is 54.6 Å². The first-order valence-electron chi connectivity index (χ1n) is 9.17. The summed E-state index contributed by atoms with van der Waals surface area (Å²) < 4.78 is 18.5. The number of halogens is 1. The highest BCUT2D eigenvalue weighted by atomic mass is 19.1. The van der Waals surface area contributed by atoms with Crippen LogP contribution in [-0.4, -0.2) is 18.1 Å². The number of methoxy groups -OCH3 is 1. The van der Waals surface area contributed by atoms with Gasteiger partial charge in [-0.2, -0.15) is 0 Å². The molecule has 0 saturated carbocycles. The van der Waals surface area contributed by atoms with E-state index in [-0.39, 0.29) is 11.8 Å². The monoisotopic (exact) mass is 389 g/mol. The van der Waals surface area contributed by atoms with Crippen molar-refractivity contribution in [3.63, 3.8) is 0 Å². The van der Waals surface area contributed by atoms with E-state index in [4.69, 9.17) is 4.74 Å². The van der Waals surface area contributed by atoms with Crippen LogP contribution in [0.1, 0.15) is 5.56 Å². The van der Waals surface area contributed by atoms with Crippen LogP contribution < -0.4 is 15.4 Å². The predicted molar refractivity (Wildman–Crippen MR) is 113 cm³/mol. The fourth-order valence-electron chi connectivity index (χ4n) is 3.13. The maximum Gasteiger partial charge on any atom is 0.319 e. The molecular weight excluding hydrogens is 369 g/mol. The van der Waals surface area contributed by atoms with Gasteiger partial charge < -0.3 is 20.4 Å². The highest BCUT2D eigenvalue weighted by Crippen LogP contribution is 2.25. The average molecular weight is 389 g/mol. The summed E-state index contributed by atoms with van der Waals surface area (Å²) in [6.07, 6.45) is 0. The fourth-order valence-corrected chi connectivity index (χ4v) is 3.13. The van der Waals surface area contributed by atoms with Crippen molar-refractivity contribution in [3.8, 4) is 17.0 Å². The Morgan fingerprint density at radius 3 is 2.66 bits per heavy atom. The summed E-state index contributed by atoms with van der Waals surface area (Å²) in [7, 11) is 1.61. The predicted octanol–water partition coefficient (Wildman–Crippen LogP) is 5.30. The van der Waals surface area contributed by atoms with Crippen LogP contribution in [0, 0.1) is 5.82 Å². The molecule has 2 amide bonds. The van der Waals surface area contributed by atoms with Crippen molar-refractivity contribution in [2.24, 2.45) is 0 Å². The molecule has 0 aliphatic rings. The van der Waals surface area contributed by atoms with Crippen molar-refractivity contribution in [2.45, 2.75) is 6.54 Å². The van der Waals surface area contributed by atoms with Gasteiger partial charge in [-0.25, -0.2) is 9.18 Å². The number of anilines is 1. The van der Waals surface area contributed by atoms with Gasteiger partial charge >= 0.3 is 6.03 Å². The van der Waals surface area contributed by atoms with Gasteiger partial charge in [0.1, 0.15) is 11.6 Å². The van der Waals surface area contributed by atoms with Gasteiger partial charge in [0.05, 0.1) is 7.11 Å². The van der Waals surface area contributed by atoms with Crippen LogP contribution in [0.2, 0.25) is 0 Å². The van der Waals surface area contributed by atoms with Crippen molar-refractivity contribution in [3.05, 3.63) is 84.2 Å². The highest BCUT2D eigenvalue weighted by molar-refractivity contribution is 5.90. The number of aromatic nitrogens is 1. The number of benzene rings is 3. The van der Waals surface area contributed by atoms with E-state index >= 15 is 0 Å². The number of rotatable bonds is 5. The normalized spacial score (nSPS) is 10.7. The Labute approximate surface area is 167 Å². The van der Waals surface area contributed by atoms with Crippen LogP contribution >= 0.6 is 0 Å². The smallest absolute Gasteiger partial charge is 0.319 e. The summed E-state index contributed by atoms with van der Waals surface area (Å²) in [6.45, 7) is 0.396. The molecule has 146 valence electrons. The molecule has 4 rings (SSSR count). The molecule has 1 aromatic heterocycles. The Morgan fingerprint density at radius 2 is 1.86 bits per heavy atom. The second-order valence-electron chi connectivity index (χ2n) is 6.65. The molecule has 0 saturated heterocycles. The van der Waals surface area contributed by atoms with Gasteiger partial charge in [0, 0.05) is 28.8 Å². The van der Waals surface area contributed by atoms with Crippen molar-refractivity contribution >= 4 is 22.6 Å². The molecule has 29 heavy (non-hydrogen) atoms. The third kappa shape index (κ3) is 4.38. The lowest BCUT2D eigenvalue weighted by Crippen LogP contribution is -2.28. The topological polar surface area (TPSA) is 66.2 Å². The van der Waals surface area contributed by atoms with E-state index < -0.39 is 0 Å². The zero-order valence-corrected chi connectivity index (χ0v) is 15.8. The standard InChI is InChI=1S/C23H20FN3O2/c1-29-20-4-2-3-15(11-20)14-25-23(28)26-19-8-5-16(6-9-19)22-13-17-12-18(24)7-10-21(17)27-22/h2-13,27H,14H2,1H3,(H2,25,26,28). The van der Waals surface area contributed by atoms with Gasteiger partial charge in [-0.15, -0.1) is 0 Å². The average Bonchev–Trinajstić information content (AvgIpc) is 3.16. The van der Waals surface area contributed by atoms with E-state index in [1.165, 1.54) is 12.1 Å². The van der Waals surface area contributed by atoms with Crippen molar-refractivity contribution < 1.29 is 13.9 Å². The number of carbonyl (C=O) groups is 1. The molecule has 0 aliphatic heterocycles. The zero-order valence-electron chi connectivity index (χ0n) is 15.8. The van der Waals surface area contributed by atoms with E-state index in [2.05, 4.69) is 15.6 Å². The van der Waals surface area contributed by atoms with Gasteiger partial charge in [-0.1, -0.05) is 24.3 Å². The number of amides is 2. The second kappa shape index (κ2) is 8.06. The molecule has 1 heterocycles. The van der Waals surface area contributed by atoms with Crippen LogP contribution in [-0.2, 0) is 6.54 Å². The van der Waals surface area contributed by atoms with Gasteiger partial charge in [0.2, 0.25) is 0 Å². The number of hydrogen-bond acceptors (Lipinski definition) is 2. The third-order valence-electron chi connectivity index (χ3n) is 4.62. The van der Waals surface area contributed by atoms with E-state index in [1.54, 1.807) is 13.2 Å². The first-order chi connectivity index (χ1) is 14.1. The first kappa shape index (κ1) is 18.6. The number of H-pyrrole nitrogens is 1. The molecule has 6 heteroatoms. The quantitative estimate of drug-likeness (QED) is 0.433. The summed E-state index contributed by atoms with van der Waals surface area (Å²) in [5, 5.41) is 6.45. The number of aromatic amines is 1. The molecule has 0 atom stereocenters. The molecule has 0 radical (unpaired) electrons. The number of fused-ring (bicyclic) bond motifs is 1. The summed E-state index contributed by atoms with van der Waals surface area (Å²) in [5.74, 6) is 0.488. The number of hydrogen-bond donors (Lipinski definition) is 3.